The molecule has 0 saturated carbocycles. The summed E-state index contributed by atoms with van der Waals surface area (Å²) in [6.07, 6.45) is 0.792. The number of rotatable bonds is 8. The lowest BCUT2D eigenvalue weighted by Gasteiger charge is -2.16. The number of amides is 1. The lowest BCUT2D eigenvalue weighted by atomic mass is 9.92. The molecule has 0 spiro atoms. The number of methoxy groups -OCH3 is 2. The van der Waals surface area contributed by atoms with Crippen molar-refractivity contribution in [3.05, 3.63) is 35.5 Å². The summed E-state index contributed by atoms with van der Waals surface area (Å²) in [4.78, 5) is 14.2. The van der Waals surface area contributed by atoms with Crippen molar-refractivity contribution in [1.82, 2.24) is 10.1 Å². The van der Waals surface area contributed by atoms with Crippen LogP contribution in [0.2, 0.25) is 0 Å². The minimum absolute atomic E-state index is 0.122. The number of nitrogens with zero attached hydrogens (tertiary/aromatic N) is 2. The first-order valence-corrected chi connectivity index (χ1v) is 8.89. The molecule has 0 fully saturated rings. The van der Waals surface area contributed by atoms with E-state index in [-0.39, 0.29) is 17.9 Å². The van der Waals surface area contributed by atoms with Gasteiger partial charge in [-0.05, 0) is 31.2 Å². The quantitative estimate of drug-likeness (QED) is 0.764. The average Bonchev–Trinajstić information content (AvgIpc) is 3.08. The Hall–Kier alpha value is -2.54. The first-order chi connectivity index (χ1) is 12.7. The molecule has 2 rings (SSSR count). The number of carbonyl (C=O) groups is 1. The first kappa shape index (κ1) is 20.8. The van der Waals surface area contributed by atoms with Gasteiger partial charge in [0.05, 0.1) is 26.5 Å². The fourth-order valence-corrected chi connectivity index (χ4v) is 2.54. The highest BCUT2D eigenvalue weighted by Crippen LogP contribution is 2.27. The molecule has 1 N–H and O–H groups in total. The van der Waals surface area contributed by atoms with Crippen molar-refractivity contribution < 1.29 is 18.8 Å². The number of likely N-dealkylation sites (N-methyl/N-ethyl adjacent to an activating group) is 1. The zero-order valence-electron chi connectivity index (χ0n) is 17.0. The molecule has 1 heterocycles. The van der Waals surface area contributed by atoms with Gasteiger partial charge >= 0.3 is 0 Å². The second-order valence-corrected chi connectivity index (χ2v) is 7.55. The summed E-state index contributed by atoms with van der Waals surface area (Å²) in [5.41, 5.74) is 1.80. The van der Waals surface area contributed by atoms with Crippen LogP contribution < -0.4 is 14.8 Å². The smallest absolute Gasteiger partial charge is 0.240 e. The Morgan fingerprint density at radius 3 is 2.48 bits per heavy atom. The van der Waals surface area contributed by atoms with Gasteiger partial charge in [0.1, 0.15) is 0 Å². The number of nitrogens with one attached hydrogen (secondary N) is 1. The summed E-state index contributed by atoms with van der Waals surface area (Å²) in [6, 6.07) is 7.60. The van der Waals surface area contributed by atoms with Crippen molar-refractivity contribution in [3.8, 4) is 11.5 Å². The predicted octanol–water partition coefficient (Wildman–Crippen LogP) is 3.10. The Labute approximate surface area is 160 Å². The zero-order chi connectivity index (χ0) is 20.0. The van der Waals surface area contributed by atoms with E-state index in [1.165, 1.54) is 0 Å². The molecule has 148 valence electrons. The molecule has 0 radical (unpaired) electrons. The van der Waals surface area contributed by atoms with E-state index >= 15 is 0 Å². The monoisotopic (exact) mass is 375 g/mol. The topological polar surface area (TPSA) is 76.8 Å². The van der Waals surface area contributed by atoms with Crippen LogP contribution in [0, 0.1) is 0 Å². The summed E-state index contributed by atoms with van der Waals surface area (Å²) in [6.45, 7) is 7.11. The molecule has 7 nitrogen and oxygen atoms in total. The largest absolute Gasteiger partial charge is 0.493 e. The molecule has 0 aliphatic carbocycles. The van der Waals surface area contributed by atoms with Crippen LogP contribution in [-0.2, 0) is 16.6 Å². The molecule has 1 amide bonds. The van der Waals surface area contributed by atoms with Crippen molar-refractivity contribution in [2.75, 3.05) is 39.7 Å². The van der Waals surface area contributed by atoms with Crippen LogP contribution in [0.4, 0.5) is 5.88 Å². The average molecular weight is 375 g/mol. The van der Waals surface area contributed by atoms with Crippen molar-refractivity contribution in [2.24, 2.45) is 0 Å². The molecule has 0 saturated heterocycles. The van der Waals surface area contributed by atoms with E-state index in [0.717, 1.165) is 24.2 Å². The van der Waals surface area contributed by atoms with Crippen LogP contribution in [0.25, 0.3) is 0 Å². The third-order valence-electron chi connectivity index (χ3n) is 4.18. The fourth-order valence-electron chi connectivity index (χ4n) is 2.54. The maximum Gasteiger partial charge on any atom is 0.240 e. The van der Waals surface area contributed by atoms with Gasteiger partial charge in [-0.2, -0.15) is 0 Å². The second kappa shape index (κ2) is 8.90. The van der Waals surface area contributed by atoms with Crippen molar-refractivity contribution in [2.45, 2.75) is 32.6 Å². The van der Waals surface area contributed by atoms with Crippen LogP contribution >= 0.6 is 0 Å². The van der Waals surface area contributed by atoms with Crippen LogP contribution in [0.1, 0.15) is 32.0 Å². The standard InChI is InChI=1S/C20H29N3O4/c1-20(2,3)17-12-19(27-22-17)21-18(24)13-23(4)10-9-14-7-8-15(25-5)16(11-14)26-6/h7-8,11-12H,9-10,13H2,1-6H3,(H,21,24). The summed E-state index contributed by atoms with van der Waals surface area (Å²) in [5.74, 6) is 1.64. The Balaban J connectivity index is 1.84. The van der Waals surface area contributed by atoms with Gasteiger partial charge in [0.2, 0.25) is 11.8 Å². The molecule has 2 aromatic rings. The van der Waals surface area contributed by atoms with Crippen LogP contribution in [-0.4, -0.2) is 50.3 Å². The zero-order valence-corrected chi connectivity index (χ0v) is 17.0. The molecule has 7 heteroatoms. The number of hydrogen-bond acceptors (Lipinski definition) is 6. The molecule has 0 aliphatic rings. The number of anilines is 1. The van der Waals surface area contributed by atoms with Gasteiger partial charge in [-0.25, -0.2) is 0 Å². The van der Waals surface area contributed by atoms with Crippen LogP contribution in [0.5, 0.6) is 11.5 Å². The molecule has 0 bridgehead atoms. The van der Waals surface area contributed by atoms with Crippen molar-refractivity contribution in [3.63, 3.8) is 0 Å². The van der Waals surface area contributed by atoms with E-state index in [2.05, 4.69) is 10.5 Å². The third kappa shape index (κ3) is 5.99. The van der Waals surface area contributed by atoms with Crippen molar-refractivity contribution >= 4 is 11.8 Å². The molecule has 0 unspecified atom stereocenters. The summed E-state index contributed by atoms with van der Waals surface area (Å²) in [7, 11) is 5.14. The Kier molecular flexibility index (Phi) is 6.85. The van der Waals surface area contributed by atoms with E-state index in [0.29, 0.717) is 17.4 Å². The molecular weight excluding hydrogens is 346 g/mol. The van der Waals surface area contributed by atoms with E-state index < -0.39 is 0 Å². The van der Waals surface area contributed by atoms with Gasteiger partial charge in [0, 0.05) is 18.0 Å². The van der Waals surface area contributed by atoms with Gasteiger partial charge < -0.3 is 14.0 Å². The van der Waals surface area contributed by atoms with E-state index in [9.17, 15) is 4.79 Å². The Morgan fingerprint density at radius 1 is 1.19 bits per heavy atom. The van der Waals surface area contributed by atoms with Gasteiger partial charge in [-0.1, -0.05) is 32.0 Å². The highest BCUT2D eigenvalue weighted by atomic mass is 16.5. The molecule has 0 aliphatic heterocycles. The van der Waals surface area contributed by atoms with E-state index in [4.69, 9.17) is 14.0 Å². The highest BCUT2D eigenvalue weighted by molar-refractivity contribution is 5.90. The van der Waals surface area contributed by atoms with Crippen LogP contribution in [0.15, 0.2) is 28.8 Å². The number of hydrogen-bond donors (Lipinski definition) is 1. The summed E-state index contributed by atoms with van der Waals surface area (Å²) >= 11 is 0. The van der Waals surface area contributed by atoms with E-state index in [1.54, 1.807) is 20.3 Å². The second-order valence-electron chi connectivity index (χ2n) is 7.55. The Bertz CT molecular complexity index is 765. The normalized spacial score (nSPS) is 11.5. The van der Waals surface area contributed by atoms with Gasteiger partial charge in [0.15, 0.2) is 11.5 Å². The number of carbonyl (C=O) groups excluding carboxylic acids is 1. The molecule has 0 atom stereocenters. The molecule has 1 aromatic carbocycles. The maximum absolute atomic E-state index is 12.2. The predicted molar refractivity (Wildman–Crippen MR) is 105 cm³/mol. The first-order valence-electron chi connectivity index (χ1n) is 8.89. The molecule has 1 aromatic heterocycles. The van der Waals surface area contributed by atoms with Crippen molar-refractivity contribution in [1.29, 1.82) is 0 Å². The Morgan fingerprint density at radius 2 is 1.89 bits per heavy atom. The minimum Gasteiger partial charge on any atom is -0.493 e. The minimum atomic E-state index is -0.138. The number of aromatic nitrogens is 1. The third-order valence-corrected chi connectivity index (χ3v) is 4.18. The SMILES string of the molecule is COc1ccc(CCN(C)CC(=O)Nc2cc(C(C)(C)C)no2)cc1OC. The van der Waals surface area contributed by atoms with Gasteiger partial charge in [-0.15, -0.1) is 0 Å². The van der Waals surface area contributed by atoms with Gasteiger partial charge in [0.25, 0.3) is 0 Å². The lowest BCUT2D eigenvalue weighted by Crippen LogP contribution is -2.31. The van der Waals surface area contributed by atoms with E-state index in [1.807, 2.05) is 50.9 Å². The number of benzene rings is 1. The summed E-state index contributed by atoms with van der Waals surface area (Å²) < 4.78 is 15.8. The molecular formula is C20H29N3O4. The lowest BCUT2D eigenvalue weighted by molar-refractivity contribution is -0.117. The maximum atomic E-state index is 12.2. The van der Waals surface area contributed by atoms with Crippen LogP contribution in [0.3, 0.4) is 0 Å². The number of ether oxygens (including phenoxy) is 2. The summed E-state index contributed by atoms with van der Waals surface area (Å²) in [5, 5.41) is 6.75. The fraction of sp³-hybridized carbons (Fsp3) is 0.500. The highest BCUT2D eigenvalue weighted by Gasteiger charge is 2.20. The van der Waals surface area contributed by atoms with Gasteiger partial charge in [-0.3, -0.25) is 15.0 Å². The molecule has 27 heavy (non-hydrogen) atoms.